The van der Waals surface area contributed by atoms with Crippen LogP contribution in [0.2, 0.25) is 0 Å². The van der Waals surface area contributed by atoms with Gasteiger partial charge in [-0.25, -0.2) is 0 Å². The van der Waals surface area contributed by atoms with Crippen molar-refractivity contribution in [3.8, 4) is 11.5 Å². The molecule has 43 heavy (non-hydrogen) atoms. The first-order valence-corrected chi connectivity index (χ1v) is 15.0. The molecule has 0 spiro atoms. The molecule has 4 aromatic carbocycles. The maximum absolute atomic E-state index is 14.0. The van der Waals surface area contributed by atoms with Crippen LogP contribution in [0.1, 0.15) is 34.6 Å². The molecule has 0 bridgehead atoms. The number of piperazine rings is 1. The molecule has 6 nitrogen and oxygen atoms in total. The molecule has 1 saturated heterocycles. The smallest absolute Gasteiger partial charge is 0.223 e. The van der Waals surface area contributed by atoms with Crippen LogP contribution in [-0.2, 0) is 11.3 Å². The highest BCUT2D eigenvalue weighted by Gasteiger charge is 2.28. The van der Waals surface area contributed by atoms with Gasteiger partial charge < -0.3 is 23.8 Å². The third kappa shape index (κ3) is 6.09. The zero-order chi connectivity index (χ0) is 29.8. The highest BCUT2D eigenvalue weighted by atomic mass is 16.5. The molecule has 0 N–H and O–H groups in total. The molecule has 1 atom stereocenters. The summed E-state index contributed by atoms with van der Waals surface area (Å²) in [5.74, 6) is 1.42. The summed E-state index contributed by atoms with van der Waals surface area (Å²) in [7, 11) is 3.33. The molecule has 1 fully saturated rings. The van der Waals surface area contributed by atoms with Crippen LogP contribution in [0.3, 0.4) is 0 Å². The molecule has 1 unspecified atom stereocenters. The number of hydrogen-bond donors (Lipinski definition) is 0. The number of amides is 1. The topological polar surface area (TPSA) is 46.9 Å². The lowest BCUT2D eigenvalue weighted by atomic mass is 9.87. The van der Waals surface area contributed by atoms with Gasteiger partial charge in [0.1, 0.15) is 11.5 Å². The molecule has 1 aliphatic heterocycles. The van der Waals surface area contributed by atoms with E-state index in [-0.39, 0.29) is 11.8 Å². The van der Waals surface area contributed by atoms with E-state index in [4.69, 9.17) is 9.47 Å². The van der Waals surface area contributed by atoms with Crippen LogP contribution in [0.5, 0.6) is 11.5 Å². The molecule has 220 valence electrons. The maximum Gasteiger partial charge on any atom is 0.223 e. The summed E-state index contributed by atoms with van der Waals surface area (Å²) in [6, 6.07) is 33.4. The zero-order valence-electron chi connectivity index (χ0n) is 25.2. The molecule has 1 aromatic heterocycles. The first kappa shape index (κ1) is 28.4. The Morgan fingerprint density at radius 1 is 0.791 bits per heavy atom. The molecular formula is C37H39N3O3. The number of carbonyl (C=O) groups excluding carboxylic acids is 1. The quantitative estimate of drug-likeness (QED) is 0.193. The van der Waals surface area contributed by atoms with Crippen LogP contribution in [0.25, 0.3) is 10.9 Å². The summed E-state index contributed by atoms with van der Waals surface area (Å²) >= 11 is 0. The summed E-state index contributed by atoms with van der Waals surface area (Å²) in [4.78, 5) is 18.5. The van der Waals surface area contributed by atoms with Crippen molar-refractivity contribution >= 4 is 22.5 Å². The minimum Gasteiger partial charge on any atom is -0.497 e. The second kappa shape index (κ2) is 12.7. The molecule has 5 aromatic rings. The fraction of sp³-hybridized carbons (Fsp3) is 0.270. The third-order valence-corrected chi connectivity index (χ3v) is 8.63. The number of aromatic nitrogens is 1. The largest absolute Gasteiger partial charge is 0.497 e. The Hall–Kier alpha value is -4.71. The van der Waals surface area contributed by atoms with Gasteiger partial charge in [0.25, 0.3) is 0 Å². The van der Waals surface area contributed by atoms with Crippen molar-refractivity contribution in [3.63, 3.8) is 0 Å². The van der Waals surface area contributed by atoms with Gasteiger partial charge in [-0.3, -0.25) is 4.79 Å². The average molecular weight is 574 g/mol. The average Bonchev–Trinajstić information content (AvgIpc) is 3.41. The Bertz CT molecular complexity index is 1680. The van der Waals surface area contributed by atoms with Crippen molar-refractivity contribution in [1.29, 1.82) is 0 Å². The van der Waals surface area contributed by atoms with Gasteiger partial charge in [0.15, 0.2) is 0 Å². The predicted molar refractivity (Wildman–Crippen MR) is 173 cm³/mol. The second-order valence-corrected chi connectivity index (χ2v) is 11.3. The van der Waals surface area contributed by atoms with E-state index in [9.17, 15) is 4.79 Å². The molecular weight excluding hydrogens is 534 g/mol. The van der Waals surface area contributed by atoms with Crippen molar-refractivity contribution in [1.82, 2.24) is 9.47 Å². The lowest BCUT2D eigenvalue weighted by molar-refractivity contribution is -0.131. The minimum absolute atomic E-state index is 0.163. The number of hydrogen-bond acceptors (Lipinski definition) is 4. The molecule has 0 radical (unpaired) electrons. The van der Waals surface area contributed by atoms with E-state index in [0.717, 1.165) is 41.7 Å². The molecule has 2 heterocycles. The van der Waals surface area contributed by atoms with E-state index < -0.39 is 0 Å². The highest BCUT2D eigenvalue weighted by molar-refractivity contribution is 5.87. The van der Waals surface area contributed by atoms with E-state index in [1.807, 2.05) is 29.2 Å². The number of carbonyl (C=O) groups is 1. The summed E-state index contributed by atoms with van der Waals surface area (Å²) in [6.07, 6.45) is 2.59. The monoisotopic (exact) mass is 573 g/mol. The SMILES string of the molecule is COc1cc(OC)cc(C(CC(=O)N2CCN(c3ccccc3C)CC2)c2cn(Cc3ccccc3)c3ccccc23)c1. The van der Waals surface area contributed by atoms with E-state index in [2.05, 4.69) is 95.4 Å². The molecule has 0 saturated carbocycles. The number of aryl methyl sites for hydroxylation is 1. The van der Waals surface area contributed by atoms with Crippen LogP contribution < -0.4 is 14.4 Å². The van der Waals surface area contributed by atoms with Gasteiger partial charge in [-0.2, -0.15) is 0 Å². The van der Waals surface area contributed by atoms with Crippen molar-refractivity contribution < 1.29 is 14.3 Å². The van der Waals surface area contributed by atoms with Gasteiger partial charge >= 0.3 is 0 Å². The van der Waals surface area contributed by atoms with E-state index in [0.29, 0.717) is 31.0 Å². The van der Waals surface area contributed by atoms with Gasteiger partial charge in [-0.05, 0) is 53.4 Å². The van der Waals surface area contributed by atoms with Gasteiger partial charge in [0.05, 0.1) is 14.2 Å². The van der Waals surface area contributed by atoms with Gasteiger partial charge in [-0.15, -0.1) is 0 Å². The maximum atomic E-state index is 14.0. The zero-order valence-corrected chi connectivity index (χ0v) is 25.2. The fourth-order valence-corrected chi connectivity index (χ4v) is 6.32. The lowest BCUT2D eigenvalue weighted by Gasteiger charge is -2.37. The summed E-state index contributed by atoms with van der Waals surface area (Å²) in [6.45, 7) is 5.96. The Kier molecular flexibility index (Phi) is 8.36. The molecule has 1 amide bonds. The van der Waals surface area contributed by atoms with Crippen LogP contribution in [0.15, 0.2) is 103 Å². The van der Waals surface area contributed by atoms with Crippen molar-refractivity contribution in [2.75, 3.05) is 45.3 Å². The van der Waals surface area contributed by atoms with Gasteiger partial charge in [0, 0.05) is 73.9 Å². The second-order valence-electron chi connectivity index (χ2n) is 11.3. The summed E-state index contributed by atoms with van der Waals surface area (Å²) in [5.41, 5.74) is 7.04. The fourth-order valence-electron chi connectivity index (χ4n) is 6.32. The Morgan fingerprint density at radius 3 is 2.14 bits per heavy atom. The number of para-hydroxylation sites is 2. The number of anilines is 1. The Balaban J connectivity index is 1.34. The number of rotatable bonds is 9. The molecule has 6 rings (SSSR count). The molecule has 6 heteroatoms. The van der Waals surface area contributed by atoms with Crippen molar-refractivity contribution in [2.45, 2.75) is 25.8 Å². The standard InChI is InChI=1S/C37H39N3O3/c1-27-11-7-9-15-35(27)38-17-19-39(20-18-38)37(41)24-33(29-21-30(42-2)23-31(22-29)43-3)34-26-40(25-28-12-5-4-6-13-28)36-16-10-8-14-32(34)36/h4-16,21-23,26,33H,17-20,24-25H2,1-3H3. The lowest BCUT2D eigenvalue weighted by Crippen LogP contribution is -2.49. The predicted octanol–water partition coefficient (Wildman–Crippen LogP) is 6.89. The first-order valence-electron chi connectivity index (χ1n) is 15.0. The van der Waals surface area contributed by atoms with E-state index in [1.54, 1.807) is 14.2 Å². The van der Waals surface area contributed by atoms with Crippen LogP contribution >= 0.6 is 0 Å². The molecule has 0 aliphatic carbocycles. The number of benzene rings is 4. The summed E-state index contributed by atoms with van der Waals surface area (Å²) in [5, 5.41) is 1.15. The normalized spacial score (nSPS) is 14.1. The first-order chi connectivity index (χ1) is 21.0. The van der Waals surface area contributed by atoms with Crippen LogP contribution in [0.4, 0.5) is 5.69 Å². The number of methoxy groups -OCH3 is 2. The minimum atomic E-state index is -0.173. The van der Waals surface area contributed by atoms with Gasteiger partial charge in [-0.1, -0.05) is 66.7 Å². The third-order valence-electron chi connectivity index (χ3n) is 8.63. The van der Waals surface area contributed by atoms with Crippen LogP contribution in [0, 0.1) is 6.92 Å². The van der Waals surface area contributed by atoms with Crippen LogP contribution in [-0.4, -0.2) is 55.8 Å². The van der Waals surface area contributed by atoms with E-state index >= 15 is 0 Å². The summed E-state index contributed by atoms with van der Waals surface area (Å²) < 4.78 is 13.6. The van der Waals surface area contributed by atoms with Gasteiger partial charge in [0.2, 0.25) is 5.91 Å². The Morgan fingerprint density at radius 2 is 1.44 bits per heavy atom. The van der Waals surface area contributed by atoms with E-state index in [1.165, 1.54) is 16.8 Å². The number of ether oxygens (including phenoxy) is 2. The molecule has 1 aliphatic rings. The van der Waals surface area contributed by atoms with Crippen molar-refractivity contribution in [3.05, 3.63) is 126 Å². The highest BCUT2D eigenvalue weighted by Crippen LogP contribution is 2.38. The van der Waals surface area contributed by atoms with Crippen molar-refractivity contribution in [2.24, 2.45) is 0 Å². The Labute approximate surface area is 254 Å². The number of fused-ring (bicyclic) bond motifs is 1. The number of nitrogens with zero attached hydrogens (tertiary/aromatic N) is 3.